The summed E-state index contributed by atoms with van der Waals surface area (Å²) in [6.45, 7) is 1.76. The SMILES string of the molecule is O=C1NCCN(Cc2cc[nH]c2)[C@H]1c1ccc(OC(F)(F)F)cc1. The molecule has 1 aromatic carbocycles. The molecule has 128 valence electrons. The van der Waals surface area contributed by atoms with Crippen molar-refractivity contribution in [3.63, 3.8) is 0 Å². The van der Waals surface area contributed by atoms with Crippen LogP contribution in [0, 0.1) is 0 Å². The van der Waals surface area contributed by atoms with Crippen LogP contribution in [-0.2, 0) is 11.3 Å². The number of halogens is 3. The first-order chi connectivity index (χ1) is 11.4. The zero-order valence-electron chi connectivity index (χ0n) is 12.6. The van der Waals surface area contributed by atoms with Crippen molar-refractivity contribution >= 4 is 5.91 Å². The number of aromatic nitrogens is 1. The lowest BCUT2D eigenvalue weighted by Gasteiger charge is -2.35. The highest BCUT2D eigenvalue weighted by Gasteiger charge is 2.33. The number of ether oxygens (including phenoxy) is 1. The van der Waals surface area contributed by atoms with Gasteiger partial charge in [-0.3, -0.25) is 9.69 Å². The molecule has 8 heteroatoms. The third-order valence-electron chi connectivity index (χ3n) is 3.79. The molecule has 1 saturated heterocycles. The van der Waals surface area contributed by atoms with Gasteiger partial charge in [-0.15, -0.1) is 13.2 Å². The molecule has 0 spiro atoms. The van der Waals surface area contributed by atoms with E-state index in [1.54, 1.807) is 6.20 Å². The number of carbonyl (C=O) groups excluding carboxylic acids is 1. The van der Waals surface area contributed by atoms with Crippen molar-refractivity contribution in [3.8, 4) is 5.75 Å². The molecule has 1 aromatic heterocycles. The van der Waals surface area contributed by atoms with Gasteiger partial charge in [0.25, 0.3) is 0 Å². The minimum absolute atomic E-state index is 0.165. The molecule has 0 aliphatic carbocycles. The normalized spacial score (nSPS) is 19.1. The van der Waals surface area contributed by atoms with Gasteiger partial charge in [0.05, 0.1) is 0 Å². The first kappa shape index (κ1) is 16.4. The summed E-state index contributed by atoms with van der Waals surface area (Å²) in [4.78, 5) is 17.2. The molecule has 1 aliphatic heterocycles. The smallest absolute Gasteiger partial charge is 0.406 e. The number of H-pyrrole nitrogens is 1. The first-order valence-corrected chi connectivity index (χ1v) is 7.41. The molecular formula is C16H16F3N3O2. The predicted octanol–water partition coefficient (Wildman–Crippen LogP) is 2.59. The van der Waals surface area contributed by atoms with Crippen LogP contribution in [0.25, 0.3) is 0 Å². The van der Waals surface area contributed by atoms with Crippen molar-refractivity contribution in [1.29, 1.82) is 0 Å². The van der Waals surface area contributed by atoms with Crippen LogP contribution in [0.4, 0.5) is 13.2 Å². The molecule has 1 atom stereocenters. The lowest BCUT2D eigenvalue weighted by molar-refractivity contribution is -0.274. The Balaban J connectivity index is 1.79. The molecule has 5 nitrogen and oxygen atoms in total. The summed E-state index contributed by atoms with van der Waals surface area (Å²) in [5.74, 6) is -0.471. The summed E-state index contributed by atoms with van der Waals surface area (Å²) >= 11 is 0. The van der Waals surface area contributed by atoms with Crippen molar-refractivity contribution < 1.29 is 22.7 Å². The largest absolute Gasteiger partial charge is 0.573 e. The Morgan fingerprint density at radius 2 is 1.96 bits per heavy atom. The topological polar surface area (TPSA) is 57.4 Å². The molecule has 0 saturated carbocycles. The van der Waals surface area contributed by atoms with Gasteiger partial charge >= 0.3 is 6.36 Å². The third-order valence-corrected chi connectivity index (χ3v) is 3.79. The molecule has 0 unspecified atom stereocenters. The number of nitrogens with zero attached hydrogens (tertiary/aromatic N) is 1. The van der Waals surface area contributed by atoms with Crippen molar-refractivity contribution in [2.24, 2.45) is 0 Å². The van der Waals surface area contributed by atoms with Gasteiger partial charge in [0.1, 0.15) is 11.8 Å². The first-order valence-electron chi connectivity index (χ1n) is 7.41. The van der Waals surface area contributed by atoms with Gasteiger partial charge in [-0.2, -0.15) is 0 Å². The number of carbonyl (C=O) groups is 1. The predicted molar refractivity (Wildman–Crippen MR) is 80.1 cm³/mol. The zero-order chi connectivity index (χ0) is 17.2. The van der Waals surface area contributed by atoms with Crippen LogP contribution in [0.15, 0.2) is 42.7 Å². The Labute approximate surface area is 136 Å². The standard InChI is InChI=1S/C16H16F3N3O2/c17-16(18,19)24-13-3-1-12(2-4-13)14-15(23)21-7-8-22(14)10-11-5-6-20-9-11/h1-6,9,14,20H,7-8,10H2,(H,21,23)/t14-/m0/s1. The Bertz CT molecular complexity index is 684. The van der Waals surface area contributed by atoms with E-state index in [2.05, 4.69) is 15.0 Å². The third kappa shape index (κ3) is 3.88. The molecule has 24 heavy (non-hydrogen) atoms. The summed E-state index contributed by atoms with van der Waals surface area (Å²) < 4.78 is 40.6. The van der Waals surface area contributed by atoms with Gasteiger partial charge in [0, 0.05) is 32.0 Å². The summed E-state index contributed by atoms with van der Waals surface area (Å²) in [6.07, 6.45) is -1.08. The maximum absolute atomic E-state index is 12.3. The average molecular weight is 339 g/mol. The van der Waals surface area contributed by atoms with Crippen molar-refractivity contribution in [1.82, 2.24) is 15.2 Å². The number of hydrogen-bond acceptors (Lipinski definition) is 3. The zero-order valence-corrected chi connectivity index (χ0v) is 12.6. The minimum atomic E-state index is -4.73. The molecule has 1 fully saturated rings. The van der Waals surface area contributed by atoms with Crippen molar-refractivity contribution in [3.05, 3.63) is 53.9 Å². The number of rotatable bonds is 4. The van der Waals surface area contributed by atoms with Crippen LogP contribution in [-0.4, -0.2) is 35.2 Å². The van der Waals surface area contributed by atoms with Crippen LogP contribution in [0.1, 0.15) is 17.2 Å². The number of nitrogens with one attached hydrogen (secondary N) is 2. The van der Waals surface area contributed by atoms with Crippen LogP contribution >= 0.6 is 0 Å². The highest BCUT2D eigenvalue weighted by atomic mass is 19.4. The summed E-state index contributed by atoms with van der Waals surface area (Å²) in [7, 11) is 0. The lowest BCUT2D eigenvalue weighted by atomic mass is 10.0. The number of alkyl halides is 3. The fraction of sp³-hybridized carbons (Fsp3) is 0.312. The molecule has 1 amide bonds. The number of aromatic amines is 1. The van der Waals surface area contributed by atoms with Gasteiger partial charge in [-0.1, -0.05) is 12.1 Å². The second-order valence-electron chi connectivity index (χ2n) is 5.50. The van der Waals surface area contributed by atoms with Crippen LogP contribution in [0.3, 0.4) is 0 Å². The Kier molecular flexibility index (Phi) is 4.48. The van der Waals surface area contributed by atoms with Crippen LogP contribution < -0.4 is 10.1 Å². The number of benzene rings is 1. The van der Waals surface area contributed by atoms with E-state index in [1.807, 2.05) is 17.2 Å². The van der Waals surface area contributed by atoms with E-state index in [0.717, 1.165) is 5.56 Å². The summed E-state index contributed by atoms with van der Waals surface area (Å²) in [6, 6.07) is 6.79. The van der Waals surface area contributed by atoms with E-state index in [-0.39, 0.29) is 11.7 Å². The molecular weight excluding hydrogens is 323 g/mol. The second-order valence-corrected chi connectivity index (χ2v) is 5.50. The molecule has 2 heterocycles. The van der Waals surface area contributed by atoms with Crippen molar-refractivity contribution in [2.45, 2.75) is 18.9 Å². The van der Waals surface area contributed by atoms with Crippen LogP contribution in [0.2, 0.25) is 0 Å². The monoisotopic (exact) mass is 339 g/mol. The second kappa shape index (κ2) is 6.56. The number of hydrogen-bond donors (Lipinski definition) is 2. The van der Waals surface area contributed by atoms with Gasteiger partial charge in [-0.05, 0) is 29.3 Å². The highest BCUT2D eigenvalue weighted by Crippen LogP contribution is 2.28. The molecule has 0 radical (unpaired) electrons. The quantitative estimate of drug-likeness (QED) is 0.900. The maximum atomic E-state index is 12.3. The number of amides is 1. The highest BCUT2D eigenvalue weighted by molar-refractivity contribution is 5.84. The Morgan fingerprint density at radius 3 is 2.58 bits per heavy atom. The molecule has 1 aliphatic rings. The lowest BCUT2D eigenvalue weighted by Crippen LogP contribution is -2.49. The molecule has 2 aromatic rings. The van der Waals surface area contributed by atoms with E-state index in [4.69, 9.17) is 0 Å². The van der Waals surface area contributed by atoms with Gasteiger partial charge in [-0.25, -0.2) is 0 Å². The molecule has 2 N–H and O–H groups in total. The summed E-state index contributed by atoms with van der Waals surface area (Å²) in [5.41, 5.74) is 1.66. The number of piperazine rings is 1. The van der Waals surface area contributed by atoms with E-state index < -0.39 is 12.4 Å². The van der Waals surface area contributed by atoms with E-state index >= 15 is 0 Å². The molecule has 3 rings (SSSR count). The van der Waals surface area contributed by atoms with E-state index in [1.165, 1.54) is 24.3 Å². The molecule has 0 bridgehead atoms. The fourth-order valence-electron chi connectivity index (χ4n) is 2.79. The van der Waals surface area contributed by atoms with E-state index in [9.17, 15) is 18.0 Å². The van der Waals surface area contributed by atoms with E-state index in [0.29, 0.717) is 25.2 Å². The Hall–Kier alpha value is -2.48. The Morgan fingerprint density at radius 1 is 1.21 bits per heavy atom. The van der Waals surface area contributed by atoms with Gasteiger partial charge < -0.3 is 15.0 Å². The average Bonchev–Trinajstić information content (AvgIpc) is 3.00. The maximum Gasteiger partial charge on any atom is 0.573 e. The van der Waals surface area contributed by atoms with Crippen molar-refractivity contribution in [2.75, 3.05) is 13.1 Å². The van der Waals surface area contributed by atoms with Gasteiger partial charge in [0.2, 0.25) is 5.91 Å². The minimum Gasteiger partial charge on any atom is -0.406 e. The summed E-state index contributed by atoms with van der Waals surface area (Å²) in [5, 5.41) is 2.79. The van der Waals surface area contributed by atoms with Gasteiger partial charge in [0.15, 0.2) is 0 Å². The fourth-order valence-corrected chi connectivity index (χ4v) is 2.79. The van der Waals surface area contributed by atoms with Crippen LogP contribution in [0.5, 0.6) is 5.75 Å².